The molecule has 132 valence electrons. The summed E-state index contributed by atoms with van der Waals surface area (Å²) in [5.41, 5.74) is 0.758. The molecule has 1 unspecified atom stereocenters. The van der Waals surface area contributed by atoms with Crippen molar-refractivity contribution in [3.05, 3.63) is 35.9 Å². The lowest BCUT2D eigenvalue weighted by atomic mass is 10.1. The number of carboxylic acid groups (broad SMARTS) is 1. The number of hydrogen-bond donors (Lipinski definition) is 1. The Balaban J connectivity index is 2.55. The molecule has 1 N–H and O–H groups in total. The van der Waals surface area contributed by atoms with Gasteiger partial charge >= 0.3 is 12.1 Å². The number of Topliss-reactive ketones (excluding diaryl/α,β-unsaturated/α-hetero) is 1. The van der Waals surface area contributed by atoms with Crippen LogP contribution in [-0.2, 0) is 20.7 Å². The molecule has 0 heterocycles. The molecule has 1 atom stereocenters. The van der Waals surface area contributed by atoms with Gasteiger partial charge in [-0.05, 0) is 17.9 Å². The van der Waals surface area contributed by atoms with Crippen LogP contribution in [-0.4, -0.2) is 47.5 Å². The first-order valence-corrected chi connectivity index (χ1v) is 7.99. The molecule has 1 rings (SSSR count). The highest BCUT2D eigenvalue weighted by Gasteiger charge is 2.25. The predicted molar refractivity (Wildman–Crippen MR) is 89.8 cm³/mol. The minimum Gasteiger partial charge on any atom is -0.478 e. The van der Waals surface area contributed by atoms with Gasteiger partial charge in [0.15, 0.2) is 5.78 Å². The Morgan fingerprint density at radius 3 is 2.33 bits per heavy atom. The lowest BCUT2D eigenvalue weighted by Gasteiger charge is -2.20. The number of carbonyl (C=O) groups excluding carboxylic acids is 2. The van der Waals surface area contributed by atoms with Gasteiger partial charge in [-0.1, -0.05) is 44.2 Å². The lowest BCUT2D eigenvalue weighted by Crippen LogP contribution is -2.38. The second kappa shape index (κ2) is 9.70. The molecule has 0 aliphatic rings. The Hall–Kier alpha value is -2.37. The molecule has 0 aliphatic carbocycles. The van der Waals surface area contributed by atoms with Crippen LogP contribution < -0.4 is 0 Å². The van der Waals surface area contributed by atoms with E-state index in [9.17, 15) is 19.5 Å². The molecule has 1 amide bonds. The normalized spacial score (nSPS) is 11.8. The Labute approximate surface area is 142 Å². The second-order valence-electron chi connectivity index (χ2n) is 6.23. The van der Waals surface area contributed by atoms with E-state index in [4.69, 9.17) is 4.74 Å². The summed E-state index contributed by atoms with van der Waals surface area (Å²) in [7, 11) is 1.43. The summed E-state index contributed by atoms with van der Waals surface area (Å²) in [6, 6.07) is 8.93. The molecule has 0 bridgehead atoms. The Bertz CT molecular complexity index is 556. The van der Waals surface area contributed by atoms with E-state index in [2.05, 4.69) is 0 Å². The summed E-state index contributed by atoms with van der Waals surface area (Å²) in [6.07, 6.45) is -0.865. The third kappa shape index (κ3) is 7.26. The summed E-state index contributed by atoms with van der Waals surface area (Å²) in [4.78, 5) is 36.2. The maximum atomic E-state index is 12.0. The zero-order chi connectivity index (χ0) is 18.1. The zero-order valence-electron chi connectivity index (χ0n) is 14.4. The van der Waals surface area contributed by atoms with E-state index < -0.39 is 18.2 Å². The smallest absolute Gasteiger partial charge is 0.410 e. The fourth-order valence-corrected chi connectivity index (χ4v) is 2.08. The molecule has 24 heavy (non-hydrogen) atoms. The fourth-order valence-electron chi connectivity index (χ4n) is 2.08. The maximum Gasteiger partial charge on any atom is 0.410 e. The highest BCUT2D eigenvalue weighted by molar-refractivity contribution is 5.84. The molecule has 0 aromatic heterocycles. The predicted octanol–water partition coefficient (Wildman–Crippen LogP) is 2.76. The van der Waals surface area contributed by atoms with Crippen molar-refractivity contribution < 1.29 is 24.2 Å². The van der Waals surface area contributed by atoms with Crippen molar-refractivity contribution >= 4 is 17.8 Å². The standard InChI is InChI=1S/C18H25NO5/c1-13(2)9-10-15(20)12-19(3)18(23)24-16(17(21)22)11-14-7-5-4-6-8-14/h4-8,13,16H,9-12H2,1-3H3,(H,21,22). The van der Waals surface area contributed by atoms with Crippen molar-refractivity contribution in [2.45, 2.75) is 39.2 Å². The third-order valence-electron chi connectivity index (χ3n) is 3.51. The highest BCUT2D eigenvalue weighted by atomic mass is 16.6. The molecular formula is C18H25NO5. The van der Waals surface area contributed by atoms with Crippen molar-refractivity contribution in [1.82, 2.24) is 4.90 Å². The van der Waals surface area contributed by atoms with Crippen LogP contribution >= 0.6 is 0 Å². The van der Waals surface area contributed by atoms with Crippen molar-refractivity contribution in [2.75, 3.05) is 13.6 Å². The van der Waals surface area contributed by atoms with Crippen LogP contribution in [0.4, 0.5) is 4.79 Å². The summed E-state index contributed by atoms with van der Waals surface area (Å²) in [5, 5.41) is 9.23. The zero-order valence-corrected chi connectivity index (χ0v) is 14.4. The number of likely N-dealkylation sites (N-methyl/N-ethyl adjacent to an activating group) is 1. The Kier molecular flexibility index (Phi) is 7.95. The van der Waals surface area contributed by atoms with Gasteiger partial charge in [-0.3, -0.25) is 4.79 Å². The molecule has 0 fully saturated rings. The number of carboxylic acids is 1. The third-order valence-corrected chi connectivity index (χ3v) is 3.51. The average molecular weight is 335 g/mol. The summed E-state index contributed by atoms with van der Waals surface area (Å²) < 4.78 is 5.04. The second-order valence-corrected chi connectivity index (χ2v) is 6.23. The van der Waals surface area contributed by atoms with E-state index in [1.807, 2.05) is 19.9 Å². The molecule has 1 aromatic rings. The number of hydrogen-bond acceptors (Lipinski definition) is 4. The quantitative estimate of drug-likeness (QED) is 0.750. The van der Waals surface area contributed by atoms with Crippen molar-refractivity contribution in [3.63, 3.8) is 0 Å². The summed E-state index contributed by atoms with van der Waals surface area (Å²) >= 11 is 0. The maximum absolute atomic E-state index is 12.0. The lowest BCUT2D eigenvalue weighted by molar-refractivity contribution is -0.147. The van der Waals surface area contributed by atoms with Crippen LogP contribution in [0.25, 0.3) is 0 Å². The van der Waals surface area contributed by atoms with Crippen LogP contribution in [0.3, 0.4) is 0 Å². The van der Waals surface area contributed by atoms with Crippen LogP contribution in [0.15, 0.2) is 30.3 Å². The molecule has 6 heteroatoms. The van der Waals surface area contributed by atoms with E-state index in [0.717, 1.165) is 16.9 Å². The van der Waals surface area contributed by atoms with Crippen molar-refractivity contribution in [2.24, 2.45) is 5.92 Å². The molecule has 0 radical (unpaired) electrons. The highest BCUT2D eigenvalue weighted by Crippen LogP contribution is 2.09. The van der Waals surface area contributed by atoms with Gasteiger partial charge in [-0.25, -0.2) is 9.59 Å². The number of nitrogens with zero attached hydrogens (tertiary/aromatic N) is 1. The largest absolute Gasteiger partial charge is 0.478 e. The summed E-state index contributed by atoms with van der Waals surface area (Å²) in [6.45, 7) is 3.96. The van der Waals surface area contributed by atoms with Gasteiger partial charge in [0.25, 0.3) is 0 Å². The topological polar surface area (TPSA) is 83.9 Å². The molecule has 6 nitrogen and oxygen atoms in total. The minimum absolute atomic E-state index is 0.0712. The van der Waals surface area contributed by atoms with Gasteiger partial charge in [0.05, 0.1) is 6.54 Å². The number of carbonyl (C=O) groups is 3. The van der Waals surface area contributed by atoms with E-state index in [-0.39, 0.29) is 18.7 Å². The van der Waals surface area contributed by atoms with Gasteiger partial charge < -0.3 is 14.7 Å². The first kappa shape index (κ1) is 19.7. The SMILES string of the molecule is CC(C)CCC(=O)CN(C)C(=O)OC(Cc1ccccc1)C(=O)O. The molecular weight excluding hydrogens is 310 g/mol. The van der Waals surface area contributed by atoms with E-state index in [1.165, 1.54) is 7.05 Å². The van der Waals surface area contributed by atoms with Gasteiger partial charge in [0.2, 0.25) is 6.10 Å². The average Bonchev–Trinajstić information content (AvgIpc) is 2.53. The van der Waals surface area contributed by atoms with Gasteiger partial charge in [-0.2, -0.15) is 0 Å². The minimum atomic E-state index is -1.28. The van der Waals surface area contributed by atoms with Crippen LogP contribution in [0.1, 0.15) is 32.3 Å². The van der Waals surface area contributed by atoms with Gasteiger partial charge in [0, 0.05) is 19.9 Å². The Morgan fingerprint density at radius 1 is 1.17 bits per heavy atom. The molecule has 0 saturated heterocycles. The van der Waals surface area contributed by atoms with E-state index in [0.29, 0.717) is 12.3 Å². The molecule has 0 saturated carbocycles. The number of amides is 1. The van der Waals surface area contributed by atoms with Crippen LogP contribution in [0.2, 0.25) is 0 Å². The van der Waals surface area contributed by atoms with Crippen molar-refractivity contribution in [3.8, 4) is 0 Å². The molecule has 0 spiro atoms. The monoisotopic (exact) mass is 335 g/mol. The summed E-state index contributed by atoms with van der Waals surface area (Å²) in [5.74, 6) is -0.877. The molecule has 1 aromatic carbocycles. The van der Waals surface area contributed by atoms with E-state index >= 15 is 0 Å². The number of benzene rings is 1. The van der Waals surface area contributed by atoms with Gasteiger partial charge in [-0.15, -0.1) is 0 Å². The Morgan fingerprint density at radius 2 is 1.79 bits per heavy atom. The first-order valence-electron chi connectivity index (χ1n) is 7.99. The van der Waals surface area contributed by atoms with Crippen molar-refractivity contribution in [1.29, 1.82) is 0 Å². The van der Waals surface area contributed by atoms with E-state index in [1.54, 1.807) is 24.3 Å². The molecule has 0 aliphatic heterocycles. The number of rotatable bonds is 9. The van der Waals surface area contributed by atoms with Gasteiger partial charge in [0.1, 0.15) is 0 Å². The van der Waals surface area contributed by atoms with Crippen LogP contribution in [0.5, 0.6) is 0 Å². The fraction of sp³-hybridized carbons (Fsp3) is 0.500. The van der Waals surface area contributed by atoms with Crippen LogP contribution in [0, 0.1) is 5.92 Å². The number of ether oxygens (including phenoxy) is 1. The first-order chi connectivity index (χ1) is 11.3. The number of ketones is 1. The number of aliphatic carboxylic acids is 1.